The lowest BCUT2D eigenvalue weighted by atomic mass is 10.1. The zero-order valence-electron chi connectivity index (χ0n) is 12.6. The van der Waals surface area contributed by atoms with E-state index < -0.39 is 0 Å². The van der Waals surface area contributed by atoms with E-state index in [9.17, 15) is 4.79 Å². The second kappa shape index (κ2) is 7.15. The molecule has 3 rings (SSSR count). The molecule has 3 aromatic rings. The van der Waals surface area contributed by atoms with Gasteiger partial charge in [-0.3, -0.25) is 4.79 Å². The summed E-state index contributed by atoms with van der Waals surface area (Å²) in [6, 6.07) is 15.9. The van der Waals surface area contributed by atoms with E-state index >= 15 is 0 Å². The number of rotatable bonds is 6. The van der Waals surface area contributed by atoms with Crippen LogP contribution in [0.15, 0.2) is 69.3 Å². The lowest BCUT2D eigenvalue weighted by Crippen LogP contribution is -1.95. The molecule has 0 aliphatic rings. The summed E-state index contributed by atoms with van der Waals surface area (Å²) in [7, 11) is 0. The number of carbonyl (C=O) groups excluding carboxylic acids is 1. The second-order valence-electron chi connectivity index (χ2n) is 4.99. The van der Waals surface area contributed by atoms with E-state index in [1.807, 2.05) is 36.4 Å². The first-order valence-electron chi connectivity index (χ1n) is 7.09. The van der Waals surface area contributed by atoms with Gasteiger partial charge >= 0.3 is 0 Å². The molecule has 1 aromatic heterocycles. The van der Waals surface area contributed by atoms with Gasteiger partial charge in [0.05, 0.1) is 0 Å². The molecular formula is C18H15NO3S. The van der Waals surface area contributed by atoms with Gasteiger partial charge in [-0.05, 0) is 36.8 Å². The van der Waals surface area contributed by atoms with Gasteiger partial charge in [-0.15, -0.1) is 0 Å². The lowest BCUT2D eigenvalue weighted by molar-refractivity contribution is 0.109. The third kappa shape index (κ3) is 4.02. The van der Waals surface area contributed by atoms with Crippen LogP contribution < -0.4 is 4.74 Å². The first-order valence-corrected chi connectivity index (χ1v) is 7.91. The van der Waals surface area contributed by atoms with Gasteiger partial charge in [-0.2, -0.15) is 0 Å². The van der Waals surface area contributed by atoms with Crippen molar-refractivity contribution in [3.63, 3.8) is 0 Å². The van der Waals surface area contributed by atoms with Crippen LogP contribution in [0, 0.1) is 6.92 Å². The second-order valence-corrected chi connectivity index (χ2v) is 6.05. The van der Waals surface area contributed by atoms with E-state index in [1.54, 1.807) is 0 Å². The Labute approximate surface area is 138 Å². The third-order valence-electron chi connectivity index (χ3n) is 3.19. The summed E-state index contributed by atoms with van der Waals surface area (Å²) < 4.78 is 10.8. The SMILES string of the molecule is Cc1cccc(COc2ccc(Sc3ncoc3C=O)cc2)c1. The van der Waals surface area contributed by atoms with Gasteiger partial charge in [0, 0.05) is 4.90 Å². The van der Waals surface area contributed by atoms with Crippen LogP contribution in [0.25, 0.3) is 0 Å². The fourth-order valence-corrected chi connectivity index (χ4v) is 2.87. The highest BCUT2D eigenvalue weighted by molar-refractivity contribution is 7.99. The summed E-state index contributed by atoms with van der Waals surface area (Å²) in [6.45, 7) is 2.60. The molecule has 4 nitrogen and oxygen atoms in total. The van der Waals surface area contributed by atoms with Gasteiger partial charge in [0.25, 0.3) is 0 Å². The molecule has 0 fully saturated rings. The maximum absolute atomic E-state index is 10.8. The molecule has 5 heteroatoms. The number of carbonyl (C=O) groups is 1. The molecule has 0 aliphatic heterocycles. The highest BCUT2D eigenvalue weighted by atomic mass is 32.2. The van der Waals surface area contributed by atoms with Crippen molar-refractivity contribution in [3.05, 3.63) is 71.8 Å². The number of oxazole rings is 1. The molecule has 0 unspecified atom stereocenters. The van der Waals surface area contributed by atoms with Crippen LogP contribution in [0.2, 0.25) is 0 Å². The van der Waals surface area contributed by atoms with Crippen LogP contribution in [0.1, 0.15) is 21.7 Å². The van der Waals surface area contributed by atoms with Gasteiger partial charge in [-0.25, -0.2) is 4.98 Å². The van der Waals surface area contributed by atoms with Crippen molar-refractivity contribution in [2.75, 3.05) is 0 Å². The average molecular weight is 325 g/mol. The van der Waals surface area contributed by atoms with Crippen molar-refractivity contribution in [1.82, 2.24) is 4.98 Å². The molecule has 1 heterocycles. The Balaban J connectivity index is 1.62. The molecule has 0 saturated carbocycles. The van der Waals surface area contributed by atoms with Crippen molar-refractivity contribution >= 4 is 18.0 Å². The zero-order chi connectivity index (χ0) is 16.1. The summed E-state index contributed by atoms with van der Waals surface area (Å²) in [4.78, 5) is 15.8. The number of aryl methyl sites for hydroxylation is 1. The first-order chi connectivity index (χ1) is 11.2. The van der Waals surface area contributed by atoms with Crippen LogP contribution in [-0.2, 0) is 6.61 Å². The van der Waals surface area contributed by atoms with Gasteiger partial charge in [-0.1, -0.05) is 41.6 Å². The highest BCUT2D eigenvalue weighted by Gasteiger charge is 2.09. The van der Waals surface area contributed by atoms with Crippen molar-refractivity contribution in [1.29, 1.82) is 0 Å². The highest BCUT2D eigenvalue weighted by Crippen LogP contribution is 2.29. The van der Waals surface area contributed by atoms with E-state index in [2.05, 4.69) is 24.0 Å². The largest absolute Gasteiger partial charge is 0.489 e. The average Bonchev–Trinajstić information content (AvgIpc) is 3.01. The topological polar surface area (TPSA) is 52.3 Å². The molecule has 23 heavy (non-hydrogen) atoms. The third-order valence-corrected chi connectivity index (χ3v) is 4.20. The van der Waals surface area contributed by atoms with E-state index in [0.29, 0.717) is 17.9 Å². The van der Waals surface area contributed by atoms with Crippen molar-refractivity contribution in [2.24, 2.45) is 0 Å². The van der Waals surface area contributed by atoms with E-state index in [0.717, 1.165) is 16.2 Å². The Morgan fingerprint density at radius 2 is 2.04 bits per heavy atom. The number of benzene rings is 2. The molecule has 0 aliphatic carbocycles. The summed E-state index contributed by atoms with van der Waals surface area (Å²) in [5, 5.41) is 0.563. The smallest absolute Gasteiger partial charge is 0.201 e. The minimum atomic E-state index is 0.245. The van der Waals surface area contributed by atoms with Gasteiger partial charge in [0.15, 0.2) is 17.7 Å². The molecule has 0 saturated heterocycles. The van der Waals surface area contributed by atoms with Crippen molar-refractivity contribution < 1.29 is 13.9 Å². The monoisotopic (exact) mass is 325 g/mol. The Hall–Kier alpha value is -2.53. The number of nitrogens with zero attached hydrogens (tertiary/aromatic N) is 1. The normalized spacial score (nSPS) is 10.5. The van der Waals surface area contributed by atoms with Crippen LogP contribution >= 0.6 is 11.8 Å². The predicted octanol–water partition coefficient (Wildman–Crippen LogP) is 4.53. The van der Waals surface area contributed by atoms with Crippen molar-refractivity contribution in [3.8, 4) is 5.75 Å². The maximum Gasteiger partial charge on any atom is 0.201 e. The Kier molecular flexibility index (Phi) is 4.78. The van der Waals surface area contributed by atoms with Gasteiger partial charge < -0.3 is 9.15 Å². The molecule has 0 amide bonds. The molecule has 0 bridgehead atoms. The standard InChI is InChI=1S/C18H15NO3S/c1-13-3-2-4-14(9-13)11-21-15-5-7-16(8-6-15)23-18-17(10-20)22-12-19-18/h2-10,12H,11H2,1H3. The minimum Gasteiger partial charge on any atom is -0.489 e. The Bertz CT molecular complexity index is 796. The van der Waals surface area contributed by atoms with E-state index in [1.165, 1.54) is 23.7 Å². The number of aromatic nitrogens is 1. The molecule has 0 spiro atoms. The number of hydrogen-bond acceptors (Lipinski definition) is 5. The Morgan fingerprint density at radius 1 is 1.22 bits per heavy atom. The van der Waals surface area contributed by atoms with Crippen molar-refractivity contribution in [2.45, 2.75) is 23.5 Å². The summed E-state index contributed by atoms with van der Waals surface area (Å²) in [5.74, 6) is 1.04. The lowest BCUT2D eigenvalue weighted by Gasteiger charge is -2.07. The quantitative estimate of drug-likeness (QED) is 0.623. The predicted molar refractivity (Wildman–Crippen MR) is 88.0 cm³/mol. The van der Waals surface area contributed by atoms with E-state index in [-0.39, 0.29) is 5.76 Å². The van der Waals surface area contributed by atoms with Crippen LogP contribution in [0.4, 0.5) is 0 Å². The summed E-state index contributed by atoms with van der Waals surface area (Å²) in [5.41, 5.74) is 2.36. The number of ether oxygens (including phenoxy) is 1. The Morgan fingerprint density at radius 3 is 2.78 bits per heavy atom. The van der Waals surface area contributed by atoms with Crippen LogP contribution in [0.5, 0.6) is 5.75 Å². The molecular weight excluding hydrogens is 310 g/mol. The fourth-order valence-electron chi connectivity index (χ4n) is 2.08. The fraction of sp³-hybridized carbons (Fsp3) is 0.111. The van der Waals surface area contributed by atoms with Gasteiger partial charge in [0.2, 0.25) is 5.76 Å². The molecule has 0 atom stereocenters. The first kappa shape index (κ1) is 15.4. The number of hydrogen-bond donors (Lipinski definition) is 0. The maximum atomic E-state index is 10.8. The molecule has 116 valence electrons. The van der Waals surface area contributed by atoms with E-state index in [4.69, 9.17) is 9.15 Å². The molecule has 0 N–H and O–H groups in total. The van der Waals surface area contributed by atoms with Crippen LogP contribution in [0.3, 0.4) is 0 Å². The van der Waals surface area contributed by atoms with Gasteiger partial charge in [0.1, 0.15) is 12.4 Å². The summed E-state index contributed by atoms with van der Waals surface area (Å²) in [6.07, 6.45) is 1.93. The number of aldehydes is 1. The van der Waals surface area contributed by atoms with Crippen LogP contribution in [-0.4, -0.2) is 11.3 Å². The zero-order valence-corrected chi connectivity index (χ0v) is 13.4. The molecule has 0 radical (unpaired) electrons. The minimum absolute atomic E-state index is 0.245. The summed E-state index contributed by atoms with van der Waals surface area (Å²) >= 11 is 1.38. The molecule has 2 aromatic carbocycles.